The Morgan fingerprint density at radius 1 is 1.12 bits per heavy atom. The van der Waals surface area contributed by atoms with Crippen LogP contribution in [0.15, 0.2) is 59.1 Å². The van der Waals surface area contributed by atoms with Gasteiger partial charge in [-0.2, -0.15) is 4.98 Å². The first-order valence-corrected chi connectivity index (χ1v) is 8.39. The number of hydrogen-bond donors (Lipinski definition) is 1. The molecule has 1 N–H and O–H groups in total. The van der Waals surface area contributed by atoms with Gasteiger partial charge in [-0.1, -0.05) is 61.5 Å². The lowest BCUT2D eigenvalue weighted by Crippen LogP contribution is -2.12. The van der Waals surface area contributed by atoms with Crippen LogP contribution in [0.4, 0.5) is 5.69 Å². The SMILES string of the molecule is CC(C)c1cccc(NC(=O)CCc2nc(-c3ccccc3)no2)c1. The van der Waals surface area contributed by atoms with Crippen molar-refractivity contribution in [3.63, 3.8) is 0 Å². The predicted octanol–water partition coefficient (Wildman–Crippen LogP) is 4.43. The molecule has 0 aliphatic rings. The molecule has 0 aliphatic carbocycles. The number of carbonyl (C=O) groups is 1. The van der Waals surface area contributed by atoms with E-state index in [4.69, 9.17) is 4.52 Å². The maximum absolute atomic E-state index is 12.1. The van der Waals surface area contributed by atoms with Gasteiger partial charge in [0.15, 0.2) is 0 Å². The zero-order chi connectivity index (χ0) is 17.6. The van der Waals surface area contributed by atoms with Crippen molar-refractivity contribution in [3.8, 4) is 11.4 Å². The summed E-state index contributed by atoms with van der Waals surface area (Å²) in [6.45, 7) is 4.25. The molecule has 3 rings (SSSR count). The fraction of sp³-hybridized carbons (Fsp3) is 0.250. The normalized spacial score (nSPS) is 10.8. The van der Waals surface area contributed by atoms with Crippen LogP contribution < -0.4 is 5.32 Å². The van der Waals surface area contributed by atoms with Crippen LogP contribution in [0.1, 0.15) is 37.6 Å². The Morgan fingerprint density at radius 2 is 1.92 bits per heavy atom. The molecule has 5 nitrogen and oxygen atoms in total. The fourth-order valence-electron chi connectivity index (χ4n) is 2.48. The van der Waals surface area contributed by atoms with Crippen molar-refractivity contribution in [2.75, 3.05) is 5.32 Å². The third-order valence-corrected chi connectivity index (χ3v) is 3.90. The van der Waals surface area contributed by atoms with Gasteiger partial charge >= 0.3 is 0 Å². The number of carbonyl (C=O) groups excluding carboxylic acids is 1. The second kappa shape index (κ2) is 7.75. The summed E-state index contributed by atoms with van der Waals surface area (Å²) in [6.07, 6.45) is 0.706. The van der Waals surface area contributed by atoms with Gasteiger partial charge in [-0.25, -0.2) is 0 Å². The maximum Gasteiger partial charge on any atom is 0.227 e. The minimum absolute atomic E-state index is 0.0691. The van der Waals surface area contributed by atoms with Gasteiger partial charge in [0.25, 0.3) is 0 Å². The van der Waals surface area contributed by atoms with Crippen molar-refractivity contribution in [1.82, 2.24) is 10.1 Å². The Balaban J connectivity index is 1.56. The second-order valence-corrected chi connectivity index (χ2v) is 6.21. The van der Waals surface area contributed by atoms with Gasteiger partial charge < -0.3 is 9.84 Å². The van der Waals surface area contributed by atoms with E-state index in [0.29, 0.717) is 30.5 Å². The van der Waals surface area contributed by atoms with E-state index in [2.05, 4.69) is 35.4 Å². The lowest BCUT2D eigenvalue weighted by atomic mass is 10.0. The van der Waals surface area contributed by atoms with Crippen LogP contribution in [-0.2, 0) is 11.2 Å². The van der Waals surface area contributed by atoms with E-state index in [1.807, 2.05) is 48.5 Å². The number of benzene rings is 2. The average molecular weight is 335 g/mol. The van der Waals surface area contributed by atoms with E-state index in [0.717, 1.165) is 11.3 Å². The molecule has 128 valence electrons. The molecular weight excluding hydrogens is 314 g/mol. The van der Waals surface area contributed by atoms with Crippen LogP contribution in [0, 0.1) is 0 Å². The summed E-state index contributed by atoms with van der Waals surface area (Å²) in [4.78, 5) is 16.5. The maximum atomic E-state index is 12.1. The molecule has 0 bridgehead atoms. The monoisotopic (exact) mass is 335 g/mol. The number of amides is 1. The molecule has 0 saturated carbocycles. The molecule has 3 aromatic rings. The number of hydrogen-bond acceptors (Lipinski definition) is 4. The van der Waals surface area contributed by atoms with Gasteiger partial charge in [0.05, 0.1) is 0 Å². The highest BCUT2D eigenvalue weighted by Gasteiger charge is 2.11. The van der Waals surface area contributed by atoms with Crippen molar-refractivity contribution in [2.24, 2.45) is 0 Å². The highest BCUT2D eigenvalue weighted by atomic mass is 16.5. The summed E-state index contributed by atoms with van der Waals surface area (Å²) in [5, 5.41) is 6.88. The Kier molecular flexibility index (Phi) is 5.23. The minimum Gasteiger partial charge on any atom is -0.339 e. The van der Waals surface area contributed by atoms with E-state index < -0.39 is 0 Å². The second-order valence-electron chi connectivity index (χ2n) is 6.21. The lowest BCUT2D eigenvalue weighted by molar-refractivity contribution is -0.116. The number of nitrogens with zero attached hydrogens (tertiary/aromatic N) is 2. The van der Waals surface area contributed by atoms with Crippen LogP contribution in [0.2, 0.25) is 0 Å². The van der Waals surface area contributed by atoms with Crippen molar-refractivity contribution >= 4 is 11.6 Å². The molecule has 25 heavy (non-hydrogen) atoms. The van der Waals surface area contributed by atoms with Crippen LogP contribution in [0.3, 0.4) is 0 Å². The summed E-state index contributed by atoms with van der Waals surface area (Å²) < 4.78 is 5.23. The quantitative estimate of drug-likeness (QED) is 0.723. The van der Waals surface area contributed by atoms with Gasteiger partial charge in [-0.3, -0.25) is 4.79 Å². The van der Waals surface area contributed by atoms with Crippen LogP contribution in [0.5, 0.6) is 0 Å². The zero-order valence-electron chi connectivity index (χ0n) is 14.4. The smallest absolute Gasteiger partial charge is 0.227 e. The predicted molar refractivity (Wildman–Crippen MR) is 97.2 cm³/mol. The van der Waals surface area contributed by atoms with E-state index in [-0.39, 0.29) is 5.91 Å². The Morgan fingerprint density at radius 3 is 2.68 bits per heavy atom. The molecule has 1 aromatic heterocycles. The first-order valence-electron chi connectivity index (χ1n) is 8.39. The first kappa shape index (κ1) is 16.9. The average Bonchev–Trinajstić information content (AvgIpc) is 3.10. The van der Waals surface area contributed by atoms with Crippen molar-refractivity contribution in [2.45, 2.75) is 32.6 Å². The third kappa shape index (κ3) is 4.53. The summed E-state index contributed by atoms with van der Waals surface area (Å²) in [6, 6.07) is 17.5. The first-order chi connectivity index (χ1) is 12.1. The van der Waals surface area contributed by atoms with Crippen molar-refractivity contribution in [3.05, 3.63) is 66.1 Å². The third-order valence-electron chi connectivity index (χ3n) is 3.90. The molecule has 0 fully saturated rings. The number of aromatic nitrogens is 2. The van der Waals surface area contributed by atoms with E-state index in [1.165, 1.54) is 5.56 Å². The molecule has 0 spiro atoms. The van der Waals surface area contributed by atoms with E-state index in [9.17, 15) is 4.79 Å². The number of rotatable bonds is 6. The molecule has 5 heteroatoms. The zero-order valence-corrected chi connectivity index (χ0v) is 14.4. The number of anilines is 1. The molecule has 0 saturated heterocycles. The molecular formula is C20H21N3O2. The summed E-state index contributed by atoms with van der Waals surface area (Å²) in [5.41, 5.74) is 2.90. The van der Waals surface area contributed by atoms with Crippen LogP contribution in [-0.4, -0.2) is 16.0 Å². The minimum atomic E-state index is -0.0691. The standard InChI is InChI=1S/C20H21N3O2/c1-14(2)16-9-6-10-17(13-16)21-18(24)11-12-19-22-20(23-25-19)15-7-4-3-5-8-15/h3-10,13-14H,11-12H2,1-2H3,(H,21,24). The fourth-order valence-corrected chi connectivity index (χ4v) is 2.48. The number of nitrogens with one attached hydrogen (secondary N) is 1. The van der Waals surface area contributed by atoms with Gasteiger partial charge in [0.1, 0.15) is 0 Å². The molecule has 0 atom stereocenters. The van der Waals surface area contributed by atoms with E-state index in [1.54, 1.807) is 0 Å². The van der Waals surface area contributed by atoms with Gasteiger partial charge in [-0.05, 0) is 23.6 Å². The summed E-state index contributed by atoms with van der Waals surface area (Å²) >= 11 is 0. The number of aryl methyl sites for hydroxylation is 1. The van der Waals surface area contributed by atoms with Crippen LogP contribution >= 0.6 is 0 Å². The van der Waals surface area contributed by atoms with Gasteiger partial charge in [0.2, 0.25) is 17.6 Å². The molecule has 0 radical (unpaired) electrons. The molecule has 0 unspecified atom stereocenters. The summed E-state index contributed by atoms with van der Waals surface area (Å²) in [7, 11) is 0. The summed E-state index contributed by atoms with van der Waals surface area (Å²) in [5.74, 6) is 1.36. The largest absolute Gasteiger partial charge is 0.339 e. The topological polar surface area (TPSA) is 68.0 Å². The Labute approximate surface area is 147 Å². The van der Waals surface area contributed by atoms with Gasteiger partial charge in [0, 0.05) is 24.1 Å². The highest BCUT2D eigenvalue weighted by Crippen LogP contribution is 2.19. The lowest BCUT2D eigenvalue weighted by Gasteiger charge is -2.09. The highest BCUT2D eigenvalue weighted by molar-refractivity contribution is 5.90. The molecule has 1 heterocycles. The molecule has 0 aliphatic heterocycles. The van der Waals surface area contributed by atoms with Crippen molar-refractivity contribution in [1.29, 1.82) is 0 Å². The van der Waals surface area contributed by atoms with Crippen LogP contribution in [0.25, 0.3) is 11.4 Å². The van der Waals surface area contributed by atoms with Crippen molar-refractivity contribution < 1.29 is 9.32 Å². The van der Waals surface area contributed by atoms with Gasteiger partial charge in [-0.15, -0.1) is 0 Å². The Bertz CT molecular complexity index is 841. The van der Waals surface area contributed by atoms with E-state index >= 15 is 0 Å². The molecule has 1 amide bonds. The Hall–Kier alpha value is -2.95. The molecule has 2 aromatic carbocycles.